The van der Waals surface area contributed by atoms with Gasteiger partial charge in [0.05, 0.1) is 10.9 Å². The monoisotopic (exact) mass is 432 g/mol. The number of hydrogen-bond donors (Lipinski definition) is 1. The second-order valence-corrected chi connectivity index (χ2v) is 9.36. The lowest BCUT2D eigenvalue weighted by Crippen LogP contribution is -2.06. The molecule has 3 heterocycles. The van der Waals surface area contributed by atoms with Crippen molar-refractivity contribution in [3.63, 3.8) is 0 Å². The zero-order valence-corrected chi connectivity index (χ0v) is 18.1. The molecular formula is C24H25ClN6. The van der Waals surface area contributed by atoms with E-state index in [2.05, 4.69) is 49.2 Å². The van der Waals surface area contributed by atoms with E-state index in [9.17, 15) is 0 Å². The Kier molecular flexibility index (Phi) is 4.75. The number of halogens is 1. The van der Waals surface area contributed by atoms with Gasteiger partial charge in [0.25, 0.3) is 0 Å². The molecule has 4 aromatic rings. The number of benzene rings is 1. The molecule has 7 heteroatoms. The summed E-state index contributed by atoms with van der Waals surface area (Å²) in [5, 5.41) is 5.98. The molecule has 0 bridgehead atoms. The van der Waals surface area contributed by atoms with Gasteiger partial charge >= 0.3 is 0 Å². The van der Waals surface area contributed by atoms with Gasteiger partial charge < -0.3 is 9.88 Å². The van der Waals surface area contributed by atoms with Crippen molar-refractivity contribution >= 4 is 39.5 Å². The Morgan fingerprint density at radius 3 is 2.90 bits per heavy atom. The molecule has 6 rings (SSSR count). The number of nitrogens with zero attached hydrogens (tertiary/aromatic N) is 5. The first-order valence-electron chi connectivity index (χ1n) is 11.2. The molecule has 2 aliphatic carbocycles. The number of anilines is 1. The second kappa shape index (κ2) is 7.75. The zero-order chi connectivity index (χ0) is 20.8. The van der Waals surface area contributed by atoms with Crippen LogP contribution < -0.4 is 5.32 Å². The average molecular weight is 433 g/mol. The Labute approximate surface area is 186 Å². The molecule has 0 amide bonds. The standard InChI is InChI=1S/C24H25ClN6/c25-22-20-9-10-31(23(20)28-14-27-22)19-8-4-15(11-19)1-2-16-3-5-17-13-26-24(29-18-6-7-18)30-21(17)12-16/h3,5,9-10,12-15,18-19H,1-2,4,6-8,11H2,(H,26,29,30). The highest BCUT2D eigenvalue weighted by Gasteiger charge is 2.27. The number of hydrogen-bond acceptors (Lipinski definition) is 5. The molecule has 0 saturated heterocycles. The highest BCUT2D eigenvalue weighted by atomic mass is 35.5. The minimum Gasteiger partial charge on any atom is -0.351 e. The fourth-order valence-corrected chi connectivity index (χ4v) is 5.06. The molecular weight excluding hydrogens is 408 g/mol. The summed E-state index contributed by atoms with van der Waals surface area (Å²) in [5.74, 6) is 1.49. The summed E-state index contributed by atoms with van der Waals surface area (Å²) in [6.07, 6.45) is 14.0. The van der Waals surface area contributed by atoms with Crippen molar-refractivity contribution in [3.8, 4) is 0 Å². The summed E-state index contributed by atoms with van der Waals surface area (Å²) in [5.41, 5.74) is 3.35. The van der Waals surface area contributed by atoms with Crippen LogP contribution in [0.2, 0.25) is 5.15 Å². The van der Waals surface area contributed by atoms with Crippen LogP contribution in [0, 0.1) is 5.92 Å². The van der Waals surface area contributed by atoms with Gasteiger partial charge in [0, 0.05) is 29.9 Å². The van der Waals surface area contributed by atoms with Crippen LogP contribution in [0.25, 0.3) is 21.9 Å². The number of nitrogens with one attached hydrogen (secondary N) is 1. The van der Waals surface area contributed by atoms with E-state index in [4.69, 9.17) is 16.6 Å². The van der Waals surface area contributed by atoms with Crippen molar-refractivity contribution in [2.45, 2.75) is 57.0 Å². The van der Waals surface area contributed by atoms with Gasteiger partial charge in [0.15, 0.2) is 0 Å². The molecule has 2 atom stereocenters. The Hall–Kier alpha value is -2.73. The predicted octanol–water partition coefficient (Wildman–Crippen LogP) is 5.58. The number of aryl methyl sites for hydroxylation is 1. The lowest BCUT2D eigenvalue weighted by molar-refractivity contribution is 0.461. The minimum absolute atomic E-state index is 0.494. The molecule has 2 aliphatic rings. The van der Waals surface area contributed by atoms with E-state index in [1.54, 1.807) is 6.33 Å². The number of rotatable bonds is 6. The number of aromatic nitrogens is 5. The third kappa shape index (κ3) is 3.85. The molecule has 31 heavy (non-hydrogen) atoms. The van der Waals surface area contributed by atoms with Gasteiger partial charge in [-0.1, -0.05) is 23.7 Å². The van der Waals surface area contributed by atoms with Crippen molar-refractivity contribution < 1.29 is 0 Å². The third-order valence-corrected chi connectivity index (χ3v) is 7.07. The van der Waals surface area contributed by atoms with Gasteiger partial charge in [-0.25, -0.2) is 19.9 Å². The fourth-order valence-electron chi connectivity index (χ4n) is 4.87. The van der Waals surface area contributed by atoms with Gasteiger partial charge in [-0.3, -0.25) is 0 Å². The van der Waals surface area contributed by atoms with Crippen molar-refractivity contribution in [1.29, 1.82) is 0 Å². The molecule has 2 saturated carbocycles. The first kappa shape index (κ1) is 19.0. The highest BCUT2D eigenvalue weighted by Crippen LogP contribution is 2.39. The third-order valence-electron chi connectivity index (χ3n) is 6.77. The van der Waals surface area contributed by atoms with Crippen LogP contribution in [-0.2, 0) is 6.42 Å². The van der Waals surface area contributed by atoms with E-state index in [1.165, 1.54) is 44.1 Å². The Morgan fingerprint density at radius 2 is 2.00 bits per heavy atom. The van der Waals surface area contributed by atoms with Crippen molar-refractivity contribution in [2.75, 3.05) is 5.32 Å². The van der Waals surface area contributed by atoms with Gasteiger partial charge in [0.1, 0.15) is 17.1 Å². The minimum atomic E-state index is 0.494. The lowest BCUT2D eigenvalue weighted by atomic mass is 9.97. The predicted molar refractivity (Wildman–Crippen MR) is 123 cm³/mol. The fraction of sp³-hybridized carbons (Fsp3) is 0.417. The van der Waals surface area contributed by atoms with Crippen LogP contribution in [0.4, 0.5) is 5.95 Å². The first-order chi connectivity index (χ1) is 15.2. The van der Waals surface area contributed by atoms with Crippen molar-refractivity contribution in [3.05, 3.63) is 53.7 Å². The summed E-state index contributed by atoms with van der Waals surface area (Å²) >= 11 is 6.22. The van der Waals surface area contributed by atoms with Crippen LogP contribution >= 0.6 is 11.6 Å². The molecule has 0 radical (unpaired) electrons. The Balaban J connectivity index is 1.12. The molecule has 2 fully saturated rings. The van der Waals surface area contributed by atoms with Crippen LogP contribution in [0.3, 0.4) is 0 Å². The van der Waals surface area contributed by atoms with Crippen LogP contribution in [-0.4, -0.2) is 30.5 Å². The Morgan fingerprint density at radius 1 is 1.06 bits per heavy atom. The van der Waals surface area contributed by atoms with E-state index >= 15 is 0 Å². The average Bonchev–Trinajstić information content (AvgIpc) is 3.29. The van der Waals surface area contributed by atoms with Gasteiger partial charge in [-0.05, 0) is 68.6 Å². The molecule has 1 aromatic carbocycles. The van der Waals surface area contributed by atoms with Gasteiger partial charge in [0.2, 0.25) is 5.95 Å². The Bertz CT molecular complexity index is 1250. The van der Waals surface area contributed by atoms with Gasteiger partial charge in [-0.2, -0.15) is 0 Å². The molecule has 3 aromatic heterocycles. The molecule has 1 N–H and O–H groups in total. The van der Waals surface area contributed by atoms with Gasteiger partial charge in [-0.15, -0.1) is 0 Å². The molecule has 0 spiro atoms. The molecule has 0 aliphatic heterocycles. The van der Waals surface area contributed by atoms with E-state index < -0.39 is 0 Å². The van der Waals surface area contributed by atoms with Crippen LogP contribution in [0.5, 0.6) is 0 Å². The zero-order valence-electron chi connectivity index (χ0n) is 17.3. The molecule has 158 valence electrons. The smallest absolute Gasteiger partial charge is 0.223 e. The summed E-state index contributed by atoms with van der Waals surface area (Å²) in [6, 6.07) is 9.71. The van der Waals surface area contributed by atoms with E-state index in [1.807, 2.05) is 12.3 Å². The normalized spacial score (nSPS) is 21.2. The van der Waals surface area contributed by atoms with Crippen molar-refractivity contribution in [2.24, 2.45) is 5.92 Å². The number of fused-ring (bicyclic) bond motifs is 2. The SMILES string of the molecule is Clc1ncnc2c1ccn2C1CCC(CCc2ccc3cnc(NC4CC4)nc3c2)C1. The maximum atomic E-state index is 6.22. The van der Waals surface area contributed by atoms with Crippen LogP contribution in [0.15, 0.2) is 43.0 Å². The summed E-state index contributed by atoms with van der Waals surface area (Å²) in [7, 11) is 0. The maximum Gasteiger partial charge on any atom is 0.223 e. The highest BCUT2D eigenvalue weighted by molar-refractivity contribution is 6.33. The lowest BCUT2D eigenvalue weighted by Gasteiger charge is -2.14. The topological polar surface area (TPSA) is 68.5 Å². The first-order valence-corrected chi connectivity index (χ1v) is 11.6. The van der Waals surface area contributed by atoms with Crippen molar-refractivity contribution in [1.82, 2.24) is 24.5 Å². The van der Waals surface area contributed by atoms with Crippen LogP contribution in [0.1, 0.15) is 50.1 Å². The summed E-state index contributed by atoms with van der Waals surface area (Å²) < 4.78 is 2.30. The van der Waals surface area contributed by atoms with E-state index in [0.29, 0.717) is 17.2 Å². The van der Waals surface area contributed by atoms with E-state index in [-0.39, 0.29) is 0 Å². The maximum absolute atomic E-state index is 6.22. The quantitative estimate of drug-likeness (QED) is 0.403. The largest absolute Gasteiger partial charge is 0.351 e. The molecule has 2 unspecified atom stereocenters. The summed E-state index contributed by atoms with van der Waals surface area (Å²) in [4.78, 5) is 17.7. The second-order valence-electron chi connectivity index (χ2n) is 9.00. The summed E-state index contributed by atoms with van der Waals surface area (Å²) in [6.45, 7) is 0. The molecule has 6 nitrogen and oxygen atoms in total. The van der Waals surface area contributed by atoms with E-state index in [0.717, 1.165) is 40.2 Å².